The Balaban J connectivity index is 1.75. The third-order valence-electron chi connectivity index (χ3n) is 4.47. The largest absolute Gasteiger partial charge is 0.444 e. The van der Waals surface area contributed by atoms with E-state index in [0.29, 0.717) is 18.2 Å². The highest BCUT2D eigenvalue weighted by atomic mass is 35.5. The summed E-state index contributed by atoms with van der Waals surface area (Å²) in [6.07, 6.45) is 3.17. The predicted octanol–water partition coefficient (Wildman–Crippen LogP) is 5.09. The molecule has 0 N–H and O–H groups in total. The molecule has 0 aliphatic carbocycles. The molecule has 2 aromatic heterocycles. The van der Waals surface area contributed by atoms with Crippen molar-refractivity contribution < 1.29 is 9.53 Å². The van der Waals surface area contributed by atoms with E-state index in [9.17, 15) is 4.79 Å². The second-order valence-corrected chi connectivity index (χ2v) is 7.98. The van der Waals surface area contributed by atoms with Gasteiger partial charge in [-0.25, -0.2) is 14.8 Å². The van der Waals surface area contributed by atoms with E-state index in [1.54, 1.807) is 17.2 Å². The zero-order valence-corrected chi connectivity index (χ0v) is 16.4. The van der Waals surface area contributed by atoms with Gasteiger partial charge in [0, 0.05) is 30.7 Å². The van der Waals surface area contributed by atoms with Crippen molar-refractivity contribution in [2.75, 3.05) is 13.1 Å². The number of nitrogens with zero attached hydrogens (tertiary/aromatic N) is 3. The molecule has 6 heteroatoms. The second-order valence-electron chi connectivity index (χ2n) is 7.59. The quantitative estimate of drug-likeness (QED) is 0.653. The van der Waals surface area contributed by atoms with Gasteiger partial charge in [-0.15, -0.1) is 0 Å². The van der Waals surface area contributed by atoms with Crippen LogP contribution in [0.5, 0.6) is 0 Å². The highest BCUT2D eigenvalue weighted by Gasteiger charge is 2.25. The minimum absolute atomic E-state index is 0.236. The predicted molar refractivity (Wildman–Crippen MR) is 104 cm³/mol. The Morgan fingerprint density at radius 2 is 1.92 bits per heavy atom. The molecule has 1 saturated heterocycles. The van der Waals surface area contributed by atoms with Gasteiger partial charge in [0.25, 0.3) is 0 Å². The van der Waals surface area contributed by atoms with Gasteiger partial charge in [0.1, 0.15) is 10.8 Å². The van der Waals surface area contributed by atoms with Gasteiger partial charge in [-0.2, -0.15) is 0 Å². The topological polar surface area (TPSA) is 55.3 Å². The van der Waals surface area contributed by atoms with E-state index < -0.39 is 5.60 Å². The molecule has 0 atom stereocenters. The molecule has 1 amide bonds. The molecule has 2 aromatic rings. The molecule has 5 nitrogen and oxygen atoms in total. The van der Waals surface area contributed by atoms with Crippen molar-refractivity contribution in [1.82, 2.24) is 14.9 Å². The Morgan fingerprint density at radius 1 is 1.23 bits per heavy atom. The molecule has 3 heterocycles. The molecule has 0 aromatic carbocycles. The first-order chi connectivity index (χ1) is 12.2. The monoisotopic (exact) mass is 373 g/mol. The van der Waals surface area contributed by atoms with Crippen LogP contribution in [0.2, 0.25) is 5.15 Å². The molecule has 0 radical (unpaired) electrons. The summed E-state index contributed by atoms with van der Waals surface area (Å²) in [4.78, 5) is 22.8. The van der Waals surface area contributed by atoms with Crippen molar-refractivity contribution in [3.8, 4) is 0 Å². The number of carbonyl (C=O) groups is 1. The molecule has 1 aliphatic rings. The van der Waals surface area contributed by atoms with E-state index in [1.165, 1.54) is 11.1 Å². The van der Waals surface area contributed by atoms with Gasteiger partial charge in [0.05, 0.1) is 11.2 Å². The lowest BCUT2D eigenvalue weighted by Crippen LogP contribution is -2.40. The summed E-state index contributed by atoms with van der Waals surface area (Å²) in [7, 11) is 0. The van der Waals surface area contributed by atoms with E-state index in [0.717, 1.165) is 29.4 Å². The molecular formula is C20H24ClN3O2. The van der Waals surface area contributed by atoms with Gasteiger partial charge in [-0.1, -0.05) is 17.2 Å². The summed E-state index contributed by atoms with van der Waals surface area (Å²) < 4.78 is 5.46. The molecule has 0 spiro atoms. The number of allylic oxidation sites excluding steroid dienone is 1. The lowest BCUT2D eigenvalue weighted by atomic mass is 9.96. The molecule has 138 valence electrons. The van der Waals surface area contributed by atoms with Gasteiger partial charge >= 0.3 is 6.09 Å². The first-order valence-electron chi connectivity index (χ1n) is 8.82. The normalized spacial score (nSPS) is 15.3. The summed E-state index contributed by atoms with van der Waals surface area (Å²) in [5, 5.41) is 1.41. The maximum absolute atomic E-state index is 12.2. The van der Waals surface area contributed by atoms with Crippen molar-refractivity contribution in [3.63, 3.8) is 0 Å². The molecule has 26 heavy (non-hydrogen) atoms. The fourth-order valence-corrected chi connectivity index (χ4v) is 3.19. The fraction of sp³-hybridized carbons (Fsp3) is 0.450. The number of pyridine rings is 2. The van der Waals surface area contributed by atoms with E-state index in [4.69, 9.17) is 21.3 Å². The number of rotatable bonds is 1. The Kier molecular flexibility index (Phi) is 5.19. The summed E-state index contributed by atoms with van der Waals surface area (Å²) in [6.45, 7) is 9.09. The van der Waals surface area contributed by atoms with Crippen LogP contribution in [0, 0.1) is 0 Å². The average molecular weight is 374 g/mol. The first-order valence-corrected chi connectivity index (χ1v) is 9.20. The Hall–Kier alpha value is -2.14. The minimum Gasteiger partial charge on any atom is -0.444 e. The van der Waals surface area contributed by atoms with Crippen LogP contribution in [-0.2, 0) is 4.74 Å². The van der Waals surface area contributed by atoms with Crippen LogP contribution in [0.4, 0.5) is 4.79 Å². The number of piperidine rings is 1. The summed E-state index contributed by atoms with van der Waals surface area (Å²) in [5.74, 6) is 0. The van der Waals surface area contributed by atoms with Crippen LogP contribution < -0.4 is 0 Å². The van der Waals surface area contributed by atoms with Crippen molar-refractivity contribution in [2.24, 2.45) is 0 Å². The Morgan fingerprint density at radius 3 is 2.58 bits per heavy atom. The zero-order valence-electron chi connectivity index (χ0n) is 15.7. The number of fused-ring (bicyclic) bond motifs is 1. The van der Waals surface area contributed by atoms with Crippen LogP contribution >= 0.6 is 11.6 Å². The lowest BCUT2D eigenvalue weighted by Gasteiger charge is -2.31. The van der Waals surface area contributed by atoms with E-state index >= 15 is 0 Å². The molecule has 3 rings (SSSR count). The third-order valence-corrected chi connectivity index (χ3v) is 4.68. The first kappa shape index (κ1) is 18.6. The average Bonchev–Trinajstić information content (AvgIpc) is 2.59. The van der Waals surface area contributed by atoms with Crippen molar-refractivity contribution in [1.29, 1.82) is 0 Å². The summed E-state index contributed by atoms with van der Waals surface area (Å²) >= 11 is 5.98. The molecule has 0 unspecified atom stereocenters. The number of carbonyl (C=O) groups excluding carboxylic acids is 1. The number of ether oxygens (including phenoxy) is 1. The lowest BCUT2D eigenvalue weighted by molar-refractivity contribution is 0.0236. The molecule has 1 fully saturated rings. The Labute approximate surface area is 159 Å². The van der Waals surface area contributed by atoms with Gasteiger partial charge in [-0.05, 0) is 58.2 Å². The van der Waals surface area contributed by atoms with Crippen LogP contribution in [0.1, 0.15) is 46.2 Å². The highest BCUT2D eigenvalue weighted by Crippen LogP contribution is 2.27. The summed E-state index contributed by atoms with van der Waals surface area (Å²) in [6, 6.07) is 5.81. The molecule has 0 bridgehead atoms. The smallest absolute Gasteiger partial charge is 0.410 e. The van der Waals surface area contributed by atoms with Gasteiger partial charge < -0.3 is 9.64 Å². The maximum atomic E-state index is 12.2. The number of aromatic nitrogens is 2. The Bertz CT molecular complexity index is 861. The van der Waals surface area contributed by atoms with Gasteiger partial charge in [0.15, 0.2) is 0 Å². The number of hydrogen-bond donors (Lipinski definition) is 0. The molecule has 0 saturated carbocycles. The number of amides is 1. The van der Waals surface area contributed by atoms with Gasteiger partial charge in [0.2, 0.25) is 0 Å². The number of likely N-dealkylation sites (tertiary alicyclic amines) is 1. The molecular weight excluding hydrogens is 350 g/mol. The highest BCUT2D eigenvalue weighted by molar-refractivity contribution is 6.29. The van der Waals surface area contributed by atoms with Crippen molar-refractivity contribution in [3.05, 3.63) is 40.8 Å². The minimum atomic E-state index is -0.464. The van der Waals surface area contributed by atoms with Crippen LogP contribution in [0.3, 0.4) is 0 Å². The number of halogens is 1. The fourth-order valence-electron chi connectivity index (χ4n) is 3.04. The zero-order chi connectivity index (χ0) is 18.9. The summed E-state index contributed by atoms with van der Waals surface area (Å²) in [5.41, 5.74) is 3.82. The number of hydrogen-bond acceptors (Lipinski definition) is 4. The van der Waals surface area contributed by atoms with Crippen molar-refractivity contribution in [2.45, 2.75) is 46.1 Å². The third kappa shape index (κ3) is 4.33. The van der Waals surface area contributed by atoms with Gasteiger partial charge in [-0.3, -0.25) is 0 Å². The maximum Gasteiger partial charge on any atom is 0.410 e. The van der Waals surface area contributed by atoms with Crippen molar-refractivity contribution >= 4 is 34.2 Å². The van der Waals surface area contributed by atoms with E-state index in [2.05, 4.69) is 11.9 Å². The standard InChI is InChI=1S/C20H24ClN3O2/c1-13(16-6-5-15-12-22-18(21)11-17(15)23-16)14-7-9-24(10-8-14)19(25)26-20(2,3)4/h5-6,11-12H,7-10H2,1-4H3. The van der Waals surface area contributed by atoms with Crippen LogP contribution in [0.25, 0.3) is 16.5 Å². The van der Waals surface area contributed by atoms with E-state index in [1.807, 2.05) is 32.9 Å². The SMILES string of the molecule is CC(=C1CCN(C(=O)OC(C)(C)C)CC1)c1ccc2cnc(Cl)cc2n1. The van der Waals surface area contributed by atoms with Crippen LogP contribution in [-0.4, -0.2) is 39.7 Å². The van der Waals surface area contributed by atoms with E-state index in [-0.39, 0.29) is 6.09 Å². The second kappa shape index (κ2) is 7.23. The van der Waals surface area contributed by atoms with Crippen LogP contribution in [0.15, 0.2) is 30.0 Å². The molecule has 1 aliphatic heterocycles.